The maximum absolute atomic E-state index is 2.47. The first kappa shape index (κ1) is 37.6. The summed E-state index contributed by atoms with van der Waals surface area (Å²) in [6, 6.07) is 80.2. The number of rotatable bonds is 8. The average molecular weight is 817 g/mol. The molecule has 2 heteroatoms. The van der Waals surface area contributed by atoms with Crippen molar-refractivity contribution in [2.45, 2.75) is 12.3 Å². The minimum atomic E-state index is -0.482. The highest BCUT2D eigenvalue weighted by Gasteiger charge is 2.40. The largest absolute Gasteiger partial charge is 0.309 e. The van der Waals surface area contributed by atoms with Gasteiger partial charge in [-0.2, -0.15) is 0 Å². The van der Waals surface area contributed by atoms with Crippen molar-refractivity contribution in [2.75, 3.05) is 0 Å². The number of hydrogen-bond acceptors (Lipinski definition) is 0. The molecule has 0 atom stereocenters. The fraction of sp³-hybridized carbons (Fsp3) is 0.0323. The van der Waals surface area contributed by atoms with Gasteiger partial charge in [-0.05, 0) is 106 Å². The van der Waals surface area contributed by atoms with Crippen molar-refractivity contribution in [2.24, 2.45) is 0 Å². The fourth-order valence-electron chi connectivity index (χ4n) is 10.4. The summed E-state index contributed by atoms with van der Waals surface area (Å²) in [6.45, 7) is 2.06. The number of para-hydroxylation sites is 4. The third-order valence-corrected chi connectivity index (χ3v) is 13.4. The summed E-state index contributed by atoms with van der Waals surface area (Å²) in [7, 11) is 0. The Morgan fingerprint density at radius 2 is 0.719 bits per heavy atom. The predicted octanol–water partition coefficient (Wildman–Crippen LogP) is 16.1. The monoisotopic (exact) mass is 816 g/mol. The number of hydrogen-bond donors (Lipinski definition) is 0. The van der Waals surface area contributed by atoms with Gasteiger partial charge in [0.15, 0.2) is 0 Å². The third-order valence-electron chi connectivity index (χ3n) is 13.4. The van der Waals surface area contributed by atoms with Crippen molar-refractivity contribution in [1.29, 1.82) is 0 Å². The van der Waals surface area contributed by atoms with Crippen LogP contribution in [0.2, 0.25) is 0 Å². The van der Waals surface area contributed by atoms with Crippen LogP contribution in [0.3, 0.4) is 0 Å². The Labute approximate surface area is 373 Å². The molecule has 0 saturated carbocycles. The normalized spacial score (nSPS) is 13.5. The van der Waals surface area contributed by atoms with Gasteiger partial charge in [0.05, 0.1) is 27.5 Å². The van der Waals surface area contributed by atoms with Gasteiger partial charge in [-0.25, -0.2) is 0 Å². The molecule has 0 saturated heterocycles. The van der Waals surface area contributed by atoms with Gasteiger partial charge >= 0.3 is 0 Å². The molecule has 12 rings (SSSR count). The van der Waals surface area contributed by atoms with Crippen molar-refractivity contribution >= 4 is 49.2 Å². The van der Waals surface area contributed by atoms with Crippen LogP contribution in [0.15, 0.2) is 249 Å². The quantitative estimate of drug-likeness (QED) is 0.135. The zero-order valence-corrected chi connectivity index (χ0v) is 35.6. The van der Waals surface area contributed by atoms with E-state index in [9.17, 15) is 0 Å². The summed E-state index contributed by atoms with van der Waals surface area (Å²) in [5.74, 6) is 0. The molecule has 9 aromatic carbocycles. The number of nitrogens with zero attached hydrogens (tertiary/aromatic N) is 2. The van der Waals surface area contributed by atoms with Gasteiger partial charge in [-0.15, -0.1) is 0 Å². The van der Waals surface area contributed by atoms with E-state index in [4.69, 9.17) is 0 Å². The highest BCUT2D eigenvalue weighted by atomic mass is 15.0. The first-order valence-electron chi connectivity index (χ1n) is 22.2. The second kappa shape index (κ2) is 15.3. The molecule has 0 fully saturated rings. The number of aromatic nitrogens is 2. The van der Waals surface area contributed by atoms with E-state index < -0.39 is 5.41 Å². The van der Waals surface area contributed by atoms with E-state index in [1.54, 1.807) is 0 Å². The summed E-state index contributed by atoms with van der Waals surface area (Å²) in [5, 5.41) is 5.09. The summed E-state index contributed by atoms with van der Waals surface area (Å²) >= 11 is 0. The molecular formula is C62H44N2. The minimum Gasteiger partial charge on any atom is -0.309 e. The summed E-state index contributed by atoms with van der Waals surface area (Å²) in [4.78, 5) is 0. The van der Waals surface area contributed by atoms with Crippen molar-refractivity contribution in [3.05, 3.63) is 271 Å². The second-order valence-electron chi connectivity index (χ2n) is 16.8. The molecule has 1 aliphatic carbocycles. The maximum Gasteiger partial charge on any atom is 0.0647 e. The van der Waals surface area contributed by atoms with Crippen LogP contribution in [0.1, 0.15) is 29.2 Å². The Hall–Kier alpha value is -8.20. The molecule has 0 bridgehead atoms. The lowest BCUT2D eigenvalue weighted by Crippen LogP contribution is -2.25. The molecule has 2 nitrogen and oxygen atoms in total. The lowest BCUT2D eigenvalue weighted by atomic mass is 9.70. The molecule has 0 radical (unpaired) electrons. The molecule has 302 valence electrons. The maximum atomic E-state index is 2.47. The van der Waals surface area contributed by atoms with E-state index in [-0.39, 0.29) is 0 Å². The molecule has 0 aliphatic heterocycles. The van der Waals surface area contributed by atoms with Gasteiger partial charge in [-0.1, -0.05) is 200 Å². The van der Waals surface area contributed by atoms with Crippen molar-refractivity contribution in [1.82, 2.24) is 9.13 Å². The van der Waals surface area contributed by atoms with E-state index in [1.807, 2.05) is 0 Å². The summed E-state index contributed by atoms with van der Waals surface area (Å²) in [5.41, 5.74) is 17.7. The Balaban J connectivity index is 0.909. The van der Waals surface area contributed by atoms with E-state index in [0.29, 0.717) is 0 Å². The number of benzene rings is 9. The first-order valence-corrected chi connectivity index (χ1v) is 22.2. The van der Waals surface area contributed by atoms with Crippen molar-refractivity contribution in [3.63, 3.8) is 0 Å². The highest BCUT2D eigenvalue weighted by molar-refractivity contribution is 6.10. The minimum absolute atomic E-state index is 0.482. The molecular weight excluding hydrogens is 773 g/mol. The molecule has 0 spiro atoms. The fourth-order valence-corrected chi connectivity index (χ4v) is 10.4. The Bertz CT molecular complexity index is 3320. The molecule has 2 aromatic heterocycles. The highest BCUT2D eigenvalue weighted by Crippen LogP contribution is 2.50. The van der Waals surface area contributed by atoms with Crippen LogP contribution in [-0.2, 0) is 5.41 Å². The summed E-state index contributed by atoms with van der Waals surface area (Å²) < 4.78 is 4.75. The zero-order chi connectivity index (χ0) is 42.6. The predicted molar refractivity (Wildman–Crippen MR) is 271 cm³/mol. The zero-order valence-electron chi connectivity index (χ0n) is 35.6. The van der Waals surface area contributed by atoms with Crippen LogP contribution in [0, 0.1) is 0 Å². The molecule has 0 amide bonds. The number of fused-ring (bicyclic) bond motifs is 7. The average Bonchev–Trinajstić information content (AvgIpc) is 4.01. The third kappa shape index (κ3) is 5.95. The lowest BCUT2D eigenvalue weighted by Gasteiger charge is -2.31. The lowest BCUT2D eigenvalue weighted by molar-refractivity contribution is 0.794. The van der Waals surface area contributed by atoms with Gasteiger partial charge in [0, 0.05) is 32.9 Å². The molecule has 64 heavy (non-hydrogen) atoms. The van der Waals surface area contributed by atoms with Crippen LogP contribution >= 0.6 is 0 Å². The van der Waals surface area contributed by atoms with Gasteiger partial charge in [0.2, 0.25) is 0 Å². The topological polar surface area (TPSA) is 9.86 Å². The van der Waals surface area contributed by atoms with E-state index >= 15 is 0 Å². The SMILES string of the molecule is C/C=C\C=C/C1=CC(c2ccc(-c3ccc(-n4c5ccccc5c5ccccc54)cc3)cc2)(c2ccc(-c3ccc(-n4c5ccccc5c5ccccc54)cc3)cc2)c2ccccc21. The molecule has 11 aromatic rings. The number of allylic oxidation sites excluding steroid dienone is 6. The Morgan fingerprint density at radius 1 is 0.359 bits per heavy atom. The standard InChI is InChI=1S/C62H44N2/c1-2-3-4-15-47-42-62(57-21-10-5-16-52(47)57,48-34-26-43(27-35-48)45-30-38-50(39-31-45)63-58-22-11-6-17-53(58)54-18-7-12-23-59(54)63)49-36-28-44(29-37-49)46-32-40-51(41-33-46)64-60-24-13-8-19-55(60)56-20-9-14-25-61(56)64/h2-42H,1H3/b3-2-,15-4-. The van der Waals surface area contributed by atoms with Crippen LogP contribution in [0.5, 0.6) is 0 Å². The van der Waals surface area contributed by atoms with Crippen LogP contribution in [0.4, 0.5) is 0 Å². The van der Waals surface area contributed by atoms with Crippen molar-refractivity contribution in [3.8, 4) is 33.6 Å². The molecule has 0 N–H and O–H groups in total. The van der Waals surface area contributed by atoms with Gasteiger partial charge in [-0.3, -0.25) is 0 Å². The van der Waals surface area contributed by atoms with Crippen LogP contribution in [-0.4, -0.2) is 9.13 Å². The van der Waals surface area contributed by atoms with Gasteiger partial charge < -0.3 is 9.13 Å². The van der Waals surface area contributed by atoms with E-state index in [2.05, 4.69) is 265 Å². The Morgan fingerprint density at radius 3 is 1.12 bits per heavy atom. The molecule has 2 heterocycles. The van der Waals surface area contributed by atoms with Gasteiger partial charge in [0.25, 0.3) is 0 Å². The van der Waals surface area contributed by atoms with E-state index in [0.717, 1.165) is 11.4 Å². The van der Waals surface area contributed by atoms with Gasteiger partial charge in [0.1, 0.15) is 0 Å². The van der Waals surface area contributed by atoms with E-state index in [1.165, 1.54) is 93.7 Å². The smallest absolute Gasteiger partial charge is 0.0647 e. The second-order valence-corrected chi connectivity index (χ2v) is 16.8. The van der Waals surface area contributed by atoms with Crippen LogP contribution in [0.25, 0.3) is 82.8 Å². The molecule has 0 unspecified atom stereocenters. The summed E-state index contributed by atoms with van der Waals surface area (Å²) in [6.07, 6.45) is 11.1. The van der Waals surface area contributed by atoms with Crippen LogP contribution < -0.4 is 0 Å². The first-order chi connectivity index (χ1) is 31.7. The molecule has 1 aliphatic rings. The Kier molecular flexibility index (Phi) is 8.98. The van der Waals surface area contributed by atoms with Crippen molar-refractivity contribution < 1.29 is 0 Å².